The van der Waals surface area contributed by atoms with Gasteiger partial charge in [0, 0.05) is 29.8 Å². The summed E-state index contributed by atoms with van der Waals surface area (Å²) in [5.74, 6) is 1.82. The number of rotatable bonds is 11. The summed E-state index contributed by atoms with van der Waals surface area (Å²) in [6.07, 6.45) is 1.03. The van der Waals surface area contributed by atoms with E-state index in [-0.39, 0.29) is 24.2 Å². The summed E-state index contributed by atoms with van der Waals surface area (Å²) in [4.78, 5) is 35.5. The van der Waals surface area contributed by atoms with E-state index in [1.54, 1.807) is 4.57 Å². The molecule has 1 aliphatic heterocycles. The fourth-order valence-corrected chi connectivity index (χ4v) is 5.61. The third-order valence-corrected chi connectivity index (χ3v) is 7.89. The summed E-state index contributed by atoms with van der Waals surface area (Å²) in [5.41, 5.74) is 10.7. The molecule has 0 spiro atoms. The van der Waals surface area contributed by atoms with Crippen molar-refractivity contribution in [2.45, 2.75) is 53.1 Å². The lowest BCUT2D eigenvalue weighted by Crippen LogP contribution is -2.43. The van der Waals surface area contributed by atoms with Gasteiger partial charge in [-0.2, -0.15) is 0 Å². The number of carbonyl (C=O) groups excluding carboxylic acids is 1. The molecule has 1 unspecified atom stereocenters. The van der Waals surface area contributed by atoms with Crippen molar-refractivity contribution in [2.24, 2.45) is 11.7 Å². The number of hydrogen-bond acceptors (Lipinski definition) is 6. The molecule has 5 rings (SSSR count). The van der Waals surface area contributed by atoms with E-state index in [1.807, 2.05) is 91.5 Å². The van der Waals surface area contributed by atoms with Gasteiger partial charge in [0.05, 0.1) is 12.6 Å². The number of ether oxygens (including phenoxy) is 2. The molecule has 2 N–H and O–H groups in total. The molecule has 1 aliphatic rings. The van der Waals surface area contributed by atoms with Gasteiger partial charge in [-0.05, 0) is 68.1 Å². The van der Waals surface area contributed by atoms with Crippen LogP contribution in [0.15, 0.2) is 77.6 Å². The molecule has 1 aromatic heterocycles. The normalized spacial score (nSPS) is 12.9. The zero-order valence-corrected chi connectivity index (χ0v) is 25.4. The van der Waals surface area contributed by atoms with Crippen LogP contribution in [0, 0.1) is 19.8 Å². The van der Waals surface area contributed by atoms with Crippen LogP contribution < -0.4 is 20.8 Å². The lowest BCUT2D eigenvalue weighted by atomic mass is 9.97. The Balaban J connectivity index is 1.63. The van der Waals surface area contributed by atoms with E-state index < -0.39 is 6.04 Å². The van der Waals surface area contributed by atoms with E-state index in [4.69, 9.17) is 20.2 Å². The monoisotopic (exact) mass is 580 g/mol. The van der Waals surface area contributed by atoms with Gasteiger partial charge in [0.25, 0.3) is 11.5 Å². The molecule has 1 atom stereocenters. The summed E-state index contributed by atoms with van der Waals surface area (Å²) >= 11 is 0. The second kappa shape index (κ2) is 13.3. The van der Waals surface area contributed by atoms with Crippen molar-refractivity contribution < 1.29 is 14.3 Å². The first kappa shape index (κ1) is 30.0. The maximum absolute atomic E-state index is 14.4. The van der Waals surface area contributed by atoms with Gasteiger partial charge < -0.3 is 20.1 Å². The SMILES string of the molecule is Cc1ccc(C(=O)N(CCCN)C(c2nc(C)c(Cc3ccc4c(c3)OCO4)c(=O)n2Cc2ccccc2)C(C)C)cc1. The van der Waals surface area contributed by atoms with Crippen LogP contribution in [0.4, 0.5) is 0 Å². The smallest absolute Gasteiger partial charge is 0.257 e. The molecule has 0 bridgehead atoms. The number of nitrogens with two attached hydrogens (primary N) is 1. The average Bonchev–Trinajstić information content (AvgIpc) is 3.47. The topological polar surface area (TPSA) is 99.7 Å². The molecule has 2 heterocycles. The Bertz CT molecular complexity index is 1630. The predicted octanol–water partition coefficient (Wildman–Crippen LogP) is 5.42. The number of fused-ring (bicyclic) bond motifs is 1. The maximum Gasteiger partial charge on any atom is 0.257 e. The Morgan fingerprint density at radius 1 is 0.977 bits per heavy atom. The second-order valence-corrected chi connectivity index (χ2v) is 11.5. The number of aromatic nitrogens is 2. The van der Waals surface area contributed by atoms with Crippen LogP contribution in [0.2, 0.25) is 0 Å². The highest BCUT2D eigenvalue weighted by atomic mass is 16.7. The Morgan fingerprint density at radius 2 is 1.70 bits per heavy atom. The van der Waals surface area contributed by atoms with Gasteiger partial charge in [-0.25, -0.2) is 4.98 Å². The molecule has 8 nitrogen and oxygen atoms in total. The highest BCUT2D eigenvalue weighted by molar-refractivity contribution is 5.94. The number of benzene rings is 3. The number of nitrogens with zero attached hydrogens (tertiary/aromatic N) is 3. The fourth-order valence-electron chi connectivity index (χ4n) is 5.61. The van der Waals surface area contributed by atoms with Crippen molar-refractivity contribution in [3.05, 3.63) is 122 Å². The Morgan fingerprint density at radius 3 is 2.40 bits per heavy atom. The molecular weight excluding hydrogens is 540 g/mol. The number of amides is 1. The summed E-state index contributed by atoms with van der Waals surface area (Å²) in [7, 11) is 0. The molecule has 0 saturated heterocycles. The summed E-state index contributed by atoms with van der Waals surface area (Å²) < 4.78 is 12.8. The van der Waals surface area contributed by atoms with Crippen molar-refractivity contribution >= 4 is 5.91 Å². The minimum atomic E-state index is -0.449. The van der Waals surface area contributed by atoms with Crippen molar-refractivity contribution in [1.29, 1.82) is 0 Å². The molecule has 8 heteroatoms. The van der Waals surface area contributed by atoms with Crippen LogP contribution in [0.5, 0.6) is 11.5 Å². The van der Waals surface area contributed by atoms with Gasteiger partial charge in [-0.15, -0.1) is 0 Å². The van der Waals surface area contributed by atoms with Crippen molar-refractivity contribution in [3.63, 3.8) is 0 Å². The van der Waals surface area contributed by atoms with Gasteiger partial charge in [0.1, 0.15) is 5.82 Å². The van der Waals surface area contributed by atoms with Gasteiger partial charge in [-0.1, -0.05) is 67.9 Å². The van der Waals surface area contributed by atoms with Crippen LogP contribution in [-0.4, -0.2) is 40.2 Å². The molecular formula is C35H40N4O4. The van der Waals surface area contributed by atoms with Gasteiger partial charge >= 0.3 is 0 Å². The van der Waals surface area contributed by atoms with Gasteiger partial charge in [0.2, 0.25) is 6.79 Å². The molecule has 0 saturated carbocycles. The van der Waals surface area contributed by atoms with Crippen LogP contribution in [-0.2, 0) is 13.0 Å². The molecule has 224 valence electrons. The highest BCUT2D eigenvalue weighted by Gasteiger charge is 2.33. The molecule has 0 radical (unpaired) electrons. The molecule has 0 aliphatic carbocycles. The highest BCUT2D eigenvalue weighted by Crippen LogP contribution is 2.34. The molecule has 1 amide bonds. The number of aryl methyl sites for hydroxylation is 2. The minimum Gasteiger partial charge on any atom is -0.454 e. The second-order valence-electron chi connectivity index (χ2n) is 11.5. The van der Waals surface area contributed by atoms with Crippen molar-refractivity contribution in [3.8, 4) is 11.5 Å². The first-order chi connectivity index (χ1) is 20.8. The third-order valence-electron chi connectivity index (χ3n) is 7.89. The number of carbonyl (C=O) groups is 1. The standard InChI is InChI=1S/C35H40N4O4/c1-23(2)32(38(18-8-17-36)34(40)28-14-11-24(3)12-15-28)33-37-25(4)29(19-27-13-16-30-31(20-27)43-22-42-30)35(41)39(33)21-26-9-6-5-7-10-26/h5-7,9-16,20,23,32H,8,17-19,21-22,36H2,1-4H3. The summed E-state index contributed by atoms with van der Waals surface area (Å²) in [5, 5.41) is 0. The Hall–Kier alpha value is -4.43. The van der Waals surface area contributed by atoms with Crippen molar-refractivity contribution in [2.75, 3.05) is 19.9 Å². The van der Waals surface area contributed by atoms with E-state index in [1.165, 1.54) is 0 Å². The van der Waals surface area contributed by atoms with E-state index in [2.05, 4.69) is 13.8 Å². The zero-order chi connectivity index (χ0) is 30.5. The Kier molecular flexibility index (Phi) is 9.26. The Labute approximate surface area is 253 Å². The van der Waals surface area contributed by atoms with E-state index in [0.717, 1.165) is 16.7 Å². The lowest BCUT2D eigenvalue weighted by molar-refractivity contribution is 0.0601. The van der Waals surface area contributed by atoms with Crippen LogP contribution in [0.1, 0.15) is 70.4 Å². The van der Waals surface area contributed by atoms with Crippen molar-refractivity contribution in [1.82, 2.24) is 14.5 Å². The molecule has 0 fully saturated rings. The van der Waals surface area contributed by atoms with Gasteiger partial charge in [0.15, 0.2) is 11.5 Å². The summed E-state index contributed by atoms with van der Waals surface area (Å²) in [6, 6.07) is 22.8. The predicted molar refractivity (Wildman–Crippen MR) is 168 cm³/mol. The van der Waals surface area contributed by atoms with Crippen LogP contribution >= 0.6 is 0 Å². The van der Waals surface area contributed by atoms with E-state index in [0.29, 0.717) is 66.6 Å². The van der Waals surface area contributed by atoms with E-state index in [9.17, 15) is 9.59 Å². The zero-order valence-electron chi connectivity index (χ0n) is 25.4. The maximum atomic E-state index is 14.4. The lowest BCUT2D eigenvalue weighted by Gasteiger charge is -2.36. The quantitative estimate of drug-likeness (QED) is 0.255. The average molecular weight is 581 g/mol. The molecule has 43 heavy (non-hydrogen) atoms. The first-order valence-corrected chi connectivity index (χ1v) is 14.9. The molecule has 4 aromatic rings. The number of hydrogen-bond donors (Lipinski definition) is 1. The van der Waals surface area contributed by atoms with Gasteiger partial charge in [-0.3, -0.25) is 14.2 Å². The van der Waals surface area contributed by atoms with E-state index >= 15 is 0 Å². The third kappa shape index (κ3) is 6.65. The minimum absolute atomic E-state index is 0.0276. The van der Waals surface area contributed by atoms with Crippen LogP contribution in [0.25, 0.3) is 0 Å². The van der Waals surface area contributed by atoms with Crippen LogP contribution in [0.3, 0.4) is 0 Å². The molecule has 3 aromatic carbocycles. The first-order valence-electron chi connectivity index (χ1n) is 14.9. The fraction of sp³-hybridized carbons (Fsp3) is 0.343. The largest absolute Gasteiger partial charge is 0.454 e. The summed E-state index contributed by atoms with van der Waals surface area (Å²) in [6.45, 7) is 9.43.